The topological polar surface area (TPSA) is 61.4 Å². The van der Waals surface area contributed by atoms with Gasteiger partial charge in [0, 0.05) is 17.9 Å². The molecule has 2 heterocycles. The van der Waals surface area contributed by atoms with Crippen molar-refractivity contribution in [1.82, 2.24) is 5.32 Å². The Morgan fingerprint density at radius 1 is 1.17 bits per heavy atom. The van der Waals surface area contributed by atoms with Crippen LogP contribution >= 0.6 is 39.5 Å². The van der Waals surface area contributed by atoms with Crippen molar-refractivity contribution in [3.05, 3.63) is 44.6 Å². The van der Waals surface area contributed by atoms with Crippen molar-refractivity contribution in [2.45, 2.75) is 52.0 Å². The van der Waals surface area contributed by atoms with Crippen molar-refractivity contribution >= 4 is 67.7 Å². The molecule has 1 aliphatic heterocycles. The maximum atomic E-state index is 12.8. The molecular weight excluding hydrogens is 482 g/mol. The molecule has 0 spiro atoms. The summed E-state index contributed by atoms with van der Waals surface area (Å²) in [4.78, 5) is 29.0. The number of hydrogen-bond acceptors (Lipinski definition) is 4. The molecule has 1 saturated heterocycles. The van der Waals surface area contributed by atoms with Gasteiger partial charge in [0.15, 0.2) is 0 Å². The highest BCUT2D eigenvalue weighted by Gasteiger charge is 2.30. The van der Waals surface area contributed by atoms with Crippen molar-refractivity contribution < 1.29 is 9.59 Å². The average molecular weight is 509 g/mol. The van der Waals surface area contributed by atoms with Crippen LogP contribution in [0.3, 0.4) is 0 Å². The first-order chi connectivity index (χ1) is 14.2. The molecule has 3 rings (SSSR count). The first kappa shape index (κ1) is 22.9. The second-order valence-corrected chi connectivity index (χ2v) is 10.9. The van der Waals surface area contributed by atoms with Crippen molar-refractivity contribution in [1.29, 1.82) is 0 Å². The highest BCUT2D eigenvalue weighted by molar-refractivity contribution is 9.11. The molecule has 1 aromatic carbocycles. The molecule has 5 nitrogen and oxygen atoms in total. The monoisotopic (exact) mass is 507 g/mol. The standard InChI is InChI=1S/C22H26BrN3O2S2/c1-14-13-15(8-9-16(14)26-12-6-4-5-7-19(26)29)24-21(28)22(2,3)25-20(27)17-10-11-18(23)30-17/h8-11,13H,4-7,12H2,1-3H3,(H,24,28)(H,25,27). The molecule has 2 aromatic rings. The number of nitrogens with zero attached hydrogens (tertiary/aromatic N) is 1. The zero-order valence-corrected chi connectivity index (χ0v) is 20.6. The summed E-state index contributed by atoms with van der Waals surface area (Å²) in [5.74, 6) is -0.545. The Kier molecular flexibility index (Phi) is 7.31. The van der Waals surface area contributed by atoms with E-state index < -0.39 is 5.54 Å². The van der Waals surface area contributed by atoms with Gasteiger partial charge in [0.25, 0.3) is 5.91 Å². The summed E-state index contributed by atoms with van der Waals surface area (Å²) < 4.78 is 0.870. The van der Waals surface area contributed by atoms with Gasteiger partial charge in [-0.1, -0.05) is 18.6 Å². The zero-order chi connectivity index (χ0) is 21.9. The third kappa shape index (κ3) is 5.47. The molecule has 0 atom stereocenters. The maximum absolute atomic E-state index is 12.8. The number of carbonyl (C=O) groups excluding carboxylic acids is 2. The molecule has 0 unspecified atom stereocenters. The van der Waals surface area contributed by atoms with Crippen LogP contribution in [-0.4, -0.2) is 28.9 Å². The van der Waals surface area contributed by atoms with Crippen LogP contribution in [0.1, 0.15) is 54.8 Å². The van der Waals surface area contributed by atoms with Crippen molar-refractivity contribution in [2.24, 2.45) is 0 Å². The normalized spacial score (nSPS) is 14.9. The van der Waals surface area contributed by atoms with Gasteiger partial charge < -0.3 is 15.5 Å². The third-order valence-electron chi connectivity index (χ3n) is 5.11. The van der Waals surface area contributed by atoms with E-state index >= 15 is 0 Å². The smallest absolute Gasteiger partial charge is 0.262 e. The number of nitrogens with one attached hydrogen (secondary N) is 2. The molecule has 2 N–H and O–H groups in total. The molecule has 30 heavy (non-hydrogen) atoms. The number of anilines is 2. The minimum Gasteiger partial charge on any atom is -0.337 e. The molecule has 0 saturated carbocycles. The average Bonchev–Trinajstić information content (AvgIpc) is 3.00. The van der Waals surface area contributed by atoms with E-state index in [1.807, 2.05) is 31.2 Å². The summed E-state index contributed by atoms with van der Waals surface area (Å²) in [6, 6.07) is 9.40. The van der Waals surface area contributed by atoms with Crippen molar-refractivity contribution in [3.63, 3.8) is 0 Å². The van der Waals surface area contributed by atoms with Crippen LogP contribution in [-0.2, 0) is 4.79 Å². The first-order valence-corrected chi connectivity index (χ1v) is 12.0. The van der Waals surface area contributed by atoms with Gasteiger partial charge in [0.1, 0.15) is 5.54 Å². The van der Waals surface area contributed by atoms with E-state index in [-0.39, 0.29) is 11.8 Å². The quantitative estimate of drug-likeness (QED) is 0.511. The number of halogens is 1. The molecule has 0 radical (unpaired) electrons. The Morgan fingerprint density at radius 2 is 1.93 bits per heavy atom. The highest BCUT2D eigenvalue weighted by atomic mass is 79.9. The fourth-order valence-electron chi connectivity index (χ4n) is 3.40. The molecule has 0 bridgehead atoms. The van der Waals surface area contributed by atoms with Crippen LogP contribution in [0.2, 0.25) is 0 Å². The summed E-state index contributed by atoms with van der Waals surface area (Å²) in [7, 11) is 0. The van der Waals surface area contributed by atoms with E-state index in [1.54, 1.807) is 19.9 Å². The number of benzene rings is 1. The Hall–Kier alpha value is -1.77. The van der Waals surface area contributed by atoms with E-state index in [4.69, 9.17) is 12.2 Å². The lowest BCUT2D eigenvalue weighted by Crippen LogP contribution is -2.52. The number of rotatable bonds is 5. The van der Waals surface area contributed by atoms with Gasteiger partial charge in [-0.25, -0.2) is 0 Å². The fourth-order valence-corrected chi connectivity index (χ4v) is 5.01. The minimum atomic E-state index is -1.06. The van der Waals surface area contributed by atoms with Gasteiger partial charge in [0.2, 0.25) is 5.91 Å². The Labute approximate surface area is 195 Å². The van der Waals surface area contributed by atoms with Gasteiger partial charge >= 0.3 is 0 Å². The van der Waals surface area contributed by atoms with Gasteiger partial charge in [0.05, 0.1) is 13.7 Å². The molecule has 2 amide bonds. The fraction of sp³-hybridized carbons (Fsp3) is 0.409. The Morgan fingerprint density at radius 3 is 2.60 bits per heavy atom. The van der Waals surface area contributed by atoms with Crippen molar-refractivity contribution in [3.8, 4) is 0 Å². The number of thiocarbonyl (C=S) groups is 1. The van der Waals surface area contributed by atoms with Crippen LogP contribution in [0.5, 0.6) is 0 Å². The lowest BCUT2D eigenvalue weighted by molar-refractivity contribution is -0.120. The number of thiophene rings is 1. The summed E-state index contributed by atoms with van der Waals surface area (Å²) >= 11 is 10.3. The summed E-state index contributed by atoms with van der Waals surface area (Å²) in [6.45, 7) is 6.35. The molecule has 0 aliphatic carbocycles. The van der Waals surface area contributed by atoms with E-state index in [0.29, 0.717) is 10.6 Å². The van der Waals surface area contributed by atoms with Crippen LogP contribution in [0.15, 0.2) is 34.1 Å². The lowest BCUT2D eigenvalue weighted by atomic mass is 10.0. The summed E-state index contributed by atoms with van der Waals surface area (Å²) in [6.07, 6.45) is 4.42. The zero-order valence-electron chi connectivity index (χ0n) is 17.4. The second kappa shape index (κ2) is 9.58. The van der Waals surface area contributed by atoms with Gasteiger partial charge in [-0.05, 0) is 91.9 Å². The predicted octanol–water partition coefficient (Wildman–Crippen LogP) is 5.67. The third-order valence-corrected chi connectivity index (χ3v) is 7.16. The summed E-state index contributed by atoms with van der Waals surface area (Å²) in [5, 5.41) is 5.74. The van der Waals surface area contributed by atoms with Crippen LogP contribution in [0.4, 0.5) is 11.4 Å². The highest BCUT2D eigenvalue weighted by Crippen LogP contribution is 2.28. The van der Waals surface area contributed by atoms with Gasteiger partial charge in [-0.3, -0.25) is 9.59 Å². The number of carbonyl (C=O) groups is 2. The summed E-state index contributed by atoms with van der Waals surface area (Å²) in [5.41, 5.74) is 1.79. The minimum absolute atomic E-state index is 0.271. The molecule has 1 aromatic heterocycles. The van der Waals surface area contributed by atoms with Crippen molar-refractivity contribution in [2.75, 3.05) is 16.8 Å². The van der Waals surface area contributed by atoms with E-state index in [9.17, 15) is 9.59 Å². The molecule has 1 aliphatic rings. The number of hydrogen-bond donors (Lipinski definition) is 2. The first-order valence-electron chi connectivity index (χ1n) is 9.98. The molecule has 160 valence electrons. The SMILES string of the molecule is Cc1cc(NC(=O)C(C)(C)NC(=O)c2ccc(Br)s2)ccc1N1CCCCCC1=S. The van der Waals surface area contributed by atoms with E-state index in [0.717, 1.165) is 45.8 Å². The van der Waals surface area contributed by atoms with Crippen LogP contribution < -0.4 is 15.5 Å². The largest absolute Gasteiger partial charge is 0.337 e. The molecule has 1 fully saturated rings. The lowest BCUT2D eigenvalue weighted by Gasteiger charge is -2.27. The predicted molar refractivity (Wildman–Crippen MR) is 132 cm³/mol. The molecular formula is C22H26BrN3O2S2. The maximum Gasteiger partial charge on any atom is 0.262 e. The second-order valence-electron chi connectivity index (χ2n) is 7.99. The van der Waals surface area contributed by atoms with Crippen LogP contribution in [0, 0.1) is 6.92 Å². The van der Waals surface area contributed by atoms with E-state index in [1.165, 1.54) is 17.8 Å². The van der Waals surface area contributed by atoms with Gasteiger partial charge in [-0.15, -0.1) is 11.3 Å². The van der Waals surface area contributed by atoms with E-state index in [2.05, 4.69) is 31.5 Å². The van der Waals surface area contributed by atoms with Crippen LogP contribution in [0.25, 0.3) is 0 Å². The Bertz CT molecular complexity index is 971. The Balaban J connectivity index is 1.69. The molecule has 8 heteroatoms. The number of amides is 2. The number of aryl methyl sites for hydroxylation is 1. The van der Waals surface area contributed by atoms with Gasteiger partial charge in [-0.2, -0.15) is 0 Å².